The number of nitrogen functional groups attached to an aromatic ring is 1. The molecule has 4 nitrogen and oxygen atoms in total. The highest BCUT2D eigenvalue weighted by Crippen LogP contribution is 2.13. The lowest BCUT2D eigenvalue weighted by Crippen LogP contribution is -2.10. The molecule has 0 aliphatic heterocycles. The molecule has 16 heavy (non-hydrogen) atoms. The summed E-state index contributed by atoms with van der Waals surface area (Å²) >= 11 is 3.40. The third-order valence-electron chi connectivity index (χ3n) is 2.13. The van der Waals surface area contributed by atoms with E-state index in [1.807, 2.05) is 24.3 Å². The molecule has 5 heteroatoms. The van der Waals surface area contributed by atoms with Gasteiger partial charge in [-0.25, -0.2) is 15.8 Å². The average Bonchev–Trinajstić information content (AvgIpc) is 2.32. The van der Waals surface area contributed by atoms with Gasteiger partial charge in [-0.15, -0.1) is 0 Å². The van der Waals surface area contributed by atoms with Crippen molar-refractivity contribution >= 4 is 21.7 Å². The molecule has 0 atom stereocenters. The number of hydrazine groups is 1. The van der Waals surface area contributed by atoms with Gasteiger partial charge in [0.25, 0.3) is 0 Å². The van der Waals surface area contributed by atoms with Crippen LogP contribution in [0.25, 0.3) is 0 Å². The Labute approximate surface area is 102 Å². The summed E-state index contributed by atoms with van der Waals surface area (Å²) in [7, 11) is 0. The topological polar surface area (TPSA) is 63.8 Å². The molecular formula is C11H11BrN4. The maximum Gasteiger partial charge on any atom is 0.143 e. The summed E-state index contributed by atoms with van der Waals surface area (Å²) in [5, 5.41) is 0. The minimum Gasteiger partial charge on any atom is -0.308 e. The van der Waals surface area contributed by atoms with Crippen LogP contribution in [0.4, 0.5) is 5.82 Å². The van der Waals surface area contributed by atoms with Crippen LogP contribution in [0.3, 0.4) is 0 Å². The summed E-state index contributed by atoms with van der Waals surface area (Å²) in [4.78, 5) is 8.44. The molecule has 0 spiro atoms. The first-order chi connectivity index (χ1) is 7.78. The highest BCUT2D eigenvalue weighted by Gasteiger charge is 2.00. The zero-order valence-corrected chi connectivity index (χ0v) is 10.1. The van der Waals surface area contributed by atoms with Crippen LogP contribution in [-0.2, 0) is 6.42 Å². The SMILES string of the molecule is NNc1ccnc(Cc2ccc(Br)cc2)n1. The molecule has 0 unspecified atom stereocenters. The molecule has 1 aromatic heterocycles. The molecule has 0 aliphatic rings. The van der Waals surface area contributed by atoms with Gasteiger partial charge < -0.3 is 5.43 Å². The maximum atomic E-state index is 5.29. The fourth-order valence-corrected chi connectivity index (χ4v) is 1.61. The van der Waals surface area contributed by atoms with E-state index in [9.17, 15) is 0 Å². The molecule has 2 rings (SSSR count). The van der Waals surface area contributed by atoms with Gasteiger partial charge in [0.15, 0.2) is 0 Å². The number of nitrogens with two attached hydrogens (primary N) is 1. The molecular weight excluding hydrogens is 268 g/mol. The third kappa shape index (κ3) is 2.77. The quantitative estimate of drug-likeness (QED) is 0.667. The second-order valence-electron chi connectivity index (χ2n) is 3.31. The van der Waals surface area contributed by atoms with Crippen LogP contribution in [0.1, 0.15) is 11.4 Å². The lowest BCUT2D eigenvalue weighted by atomic mass is 10.1. The Balaban J connectivity index is 2.16. The van der Waals surface area contributed by atoms with Crippen molar-refractivity contribution in [3.63, 3.8) is 0 Å². The summed E-state index contributed by atoms with van der Waals surface area (Å²) in [6, 6.07) is 9.80. The number of rotatable bonds is 3. The standard InChI is InChI=1S/C11H11BrN4/c12-9-3-1-8(2-4-9)7-11-14-6-5-10(15-11)16-13/h1-6H,7,13H2,(H,14,15,16). The van der Waals surface area contributed by atoms with Crippen molar-refractivity contribution < 1.29 is 0 Å². The molecule has 1 heterocycles. The molecule has 0 radical (unpaired) electrons. The Morgan fingerprint density at radius 2 is 1.94 bits per heavy atom. The third-order valence-corrected chi connectivity index (χ3v) is 2.66. The van der Waals surface area contributed by atoms with Crippen LogP contribution in [-0.4, -0.2) is 9.97 Å². The zero-order chi connectivity index (χ0) is 11.4. The van der Waals surface area contributed by atoms with E-state index in [0.29, 0.717) is 12.2 Å². The van der Waals surface area contributed by atoms with Gasteiger partial charge in [-0.1, -0.05) is 28.1 Å². The summed E-state index contributed by atoms with van der Waals surface area (Å²) < 4.78 is 1.06. The molecule has 2 aromatic rings. The van der Waals surface area contributed by atoms with E-state index in [-0.39, 0.29) is 0 Å². The Bertz CT molecular complexity index is 470. The van der Waals surface area contributed by atoms with Crippen LogP contribution in [0, 0.1) is 0 Å². The Morgan fingerprint density at radius 1 is 1.19 bits per heavy atom. The van der Waals surface area contributed by atoms with E-state index >= 15 is 0 Å². The van der Waals surface area contributed by atoms with Crippen molar-refractivity contribution in [1.82, 2.24) is 9.97 Å². The van der Waals surface area contributed by atoms with Gasteiger partial charge in [-0.2, -0.15) is 0 Å². The van der Waals surface area contributed by atoms with Gasteiger partial charge in [0.2, 0.25) is 0 Å². The number of hydrogen-bond donors (Lipinski definition) is 2. The molecule has 0 saturated carbocycles. The minimum atomic E-state index is 0.627. The van der Waals surface area contributed by atoms with Gasteiger partial charge in [0, 0.05) is 23.2 Å². The molecule has 0 amide bonds. The first-order valence-electron chi connectivity index (χ1n) is 4.81. The minimum absolute atomic E-state index is 0.627. The van der Waals surface area contributed by atoms with Crippen molar-refractivity contribution in [2.75, 3.05) is 5.43 Å². The number of halogens is 1. The monoisotopic (exact) mass is 278 g/mol. The average molecular weight is 279 g/mol. The van der Waals surface area contributed by atoms with E-state index in [2.05, 4.69) is 31.3 Å². The number of hydrogen-bond acceptors (Lipinski definition) is 4. The summed E-state index contributed by atoms with van der Waals surface area (Å²) in [6.45, 7) is 0. The van der Waals surface area contributed by atoms with E-state index in [1.54, 1.807) is 12.3 Å². The Hall–Kier alpha value is -1.46. The number of aromatic nitrogens is 2. The lowest BCUT2D eigenvalue weighted by Gasteiger charge is -2.03. The van der Waals surface area contributed by atoms with E-state index in [0.717, 1.165) is 15.9 Å². The molecule has 82 valence electrons. The fourth-order valence-electron chi connectivity index (χ4n) is 1.35. The first kappa shape index (κ1) is 11.0. The molecule has 0 aliphatic carbocycles. The highest BCUT2D eigenvalue weighted by molar-refractivity contribution is 9.10. The molecule has 0 fully saturated rings. The zero-order valence-electron chi connectivity index (χ0n) is 8.52. The van der Waals surface area contributed by atoms with Crippen molar-refractivity contribution in [3.8, 4) is 0 Å². The molecule has 0 saturated heterocycles. The van der Waals surface area contributed by atoms with Crippen LogP contribution < -0.4 is 11.3 Å². The summed E-state index contributed by atoms with van der Waals surface area (Å²) in [5.41, 5.74) is 3.67. The summed E-state index contributed by atoms with van der Waals surface area (Å²) in [6.07, 6.45) is 2.39. The van der Waals surface area contributed by atoms with E-state index in [1.165, 1.54) is 0 Å². The van der Waals surface area contributed by atoms with Crippen LogP contribution >= 0.6 is 15.9 Å². The Kier molecular flexibility index (Phi) is 3.48. The van der Waals surface area contributed by atoms with Crippen LogP contribution in [0.2, 0.25) is 0 Å². The number of nitrogens with zero attached hydrogens (tertiary/aromatic N) is 2. The van der Waals surface area contributed by atoms with Crippen LogP contribution in [0.5, 0.6) is 0 Å². The van der Waals surface area contributed by atoms with E-state index in [4.69, 9.17) is 5.84 Å². The number of benzene rings is 1. The second kappa shape index (κ2) is 5.05. The Morgan fingerprint density at radius 3 is 2.62 bits per heavy atom. The van der Waals surface area contributed by atoms with Crippen molar-refractivity contribution in [1.29, 1.82) is 0 Å². The van der Waals surface area contributed by atoms with Gasteiger partial charge in [0.1, 0.15) is 11.6 Å². The molecule has 1 aromatic carbocycles. The predicted molar refractivity (Wildman–Crippen MR) is 66.8 cm³/mol. The second-order valence-corrected chi connectivity index (χ2v) is 4.22. The fraction of sp³-hybridized carbons (Fsp3) is 0.0909. The lowest BCUT2D eigenvalue weighted by molar-refractivity contribution is 0.965. The number of nitrogens with one attached hydrogen (secondary N) is 1. The van der Waals surface area contributed by atoms with Gasteiger partial charge in [-0.3, -0.25) is 0 Å². The first-order valence-corrected chi connectivity index (χ1v) is 5.60. The molecule has 0 bridgehead atoms. The number of anilines is 1. The van der Waals surface area contributed by atoms with Crippen molar-refractivity contribution in [2.24, 2.45) is 5.84 Å². The van der Waals surface area contributed by atoms with Crippen molar-refractivity contribution in [2.45, 2.75) is 6.42 Å². The smallest absolute Gasteiger partial charge is 0.143 e. The molecule has 3 N–H and O–H groups in total. The normalized spacial score (nSPS) is 10.1. The maximum absolute atomic E-state index is 5.29. The van der Waals surface area contributed by atoms with Gasteiger partial charge in [-0.05, 0) is 17.7 Å². The van der Waals surface area contributed by atoms with Crippen LogP contribution in [0.15, 0.2) is 41.0 Å². The highest BCUT2D eigenvalue weighted by atomic mass is 79.9. The van der Waals surface area contributed by atoms with Gasteiger partial charge >= 0.3 is 0 Å². The largest absolute Gasteiger partial charge is 0.308 e. The van der Waals surface area contributed by atoms with E-state index < -0.39 is 0 Å². The van der Waals surface area contributed by atoms with Crippen molar-refractivity contribution in [3.05, 3.63) is 52.4 Å². The summed E-state index contributed by atoms with van der Waals surface area (Å²) in [5.74, 6) is 6.66. The van der Waals surface area contributed by atoms with Gasteiger partial charge in [0.05, 0.1) is 0 Å². The predicted octanol–water partition coefficient (Wildman–Crippen LogP) is 2.12.